The summed E-state index contributed by atoms with van der Waals surface area (Å²) >= 11 is 8.86. The van der Waals surface area contributed by atoms with E-state index in [2.05, 4.69) is 31.6 Å². The topological polar surface area (TPSA) is 307 Å². The maximum atomic E-state index is 14.7. The van der Waals surface area contributed by atoms with Crippen LogP contribution in [-0.2, 0) is 56.0 Å². The van der Waals surface area contributed by atoms with Crippen LogP contribution >= 0.6 is 34.7 Å². The molecule has 0 spiro atoms. The molecule has 388 valence electrons. The van der Waals surface area contributed by atoms with E-state index in [9.17, 15) is 43.2 Å². The number of aliphatic imine (C=N–C) groups is 1. The zero-order valence-corrected chi connectivity index (χ0v) is 42.8. The lowest BCUT2D eigenvalue weighted by Gasteiger charge is -2.30. The van der Waals surface area contributed by atoms with Gasteiger partial charge in [-0.3, -0.25) is 48.1 Å². The van der Waals surface area contributed by atoms with E-state index in [0.29, 0.717) is 48.9 Å². The third-order valence-corrected chi connectivity index (χ3v) is 15.1. The molecule has 5 rings (SSSR count). The number of nitrogens with one attached hydrogen (secondary N) is 5. The lowest BCUT2D eigenvalue weighted by Crippen LogP contribution is -2.58. The Balaban J connectivity index is 1.40. The molecule has 0 bridgehead atoms. The summed E-state index contributed by atoms with van der Waals surface area (Å²) in [4.78, 5) is 131. The third kappa shape index (κ3) is 18.5. The van der Waals surface area contributed by atoms with Crippen molar-refractivity contribution in [2.24, 2.45) is 45.9 Å². The minimum absolute atomic E-state index is 0.0786. The molecule has 71 heavy (non-hydrogen) atoms. The molecule has 0 radical (unpaired) electrons. The number of thioether (sulfide) groups is 1. The van der Waals surface area contributed by atoms with Crippen molar-refractivity contribution >= 4 is 93.6 Å². The Kier molecular flexibility index (Phi) is 22.2. The number of carbonyl (C=O) groups is 9. The van der Waals surface area contributed by atoms with Crippen LogP contribution in [0.4, 0.5) is 0 Å². The number of benzene rings is 1. The number of guanidine groups is 1. The Morgan fingerprint density at radius 3 is 2.28 bits per heavy atom. The van der Waals surface area contributed by atoms with Crippen molar-refractivity contribution in [1.82, 2.24) is 31.5 Å². The van der Waals surface area contributed by atoms with Gasteiger partial charge in [0, 0.05) is 66.9 Å². The molecule has 22 heteroatoms. The van der Waals surface area contributed by atoms with Crippen LogP contribution in [0.1, 0.15) is 94.9 Å². The van der Waals surface area contributed by atoms with Gasteiger partial charge in [0.05, 0.1) is 18.4 Å². The summed E-state index contributed by atoms with van der Waals surface area (Å²) < 4.78 is 0. The largest absolute Gasteiger partial charge is 0.370 e. The van der Waals surface area contributed by atoms with Crippen LogP contribution in [0.15, 0.2) is 46.8 Å². The Labute approximate surface area is 428 Å². The summed E-state index contributed by atoms with van der Waals surface area (Å²) in [6, 6.07) is 4.74. The maximum Gasteiger partial charge on any atom is 0.243 e. The second-order valence-electron chi connectivity index (χ2n) is 19.0. The predicted octanol–water partition coefficient (Wildman–Crippen LogP) is 1.91. The van der Waals surface area contributed by atoms with Gasteiger partial charge in [-0.05, 0) is 98.1 Å². The van der Waals surface area contributed by atoms with E-state index in [0.717, 1.165) is 23.3 Å². The van der Waals surface area contributed by atoms with Crippen LogP contribution in [0.2, 0.25) is 5.02 Å². The van der Waals surface area contributed by atoms with Crippen LogP contribution in [0, 0.1) is 23.7 Å². The van der Waals surface area contributed by atoms with Crippen LogP contribution in [0.3, 0.4) is 0 Å². The van der Waals surface area contributed by atoms with E-state index >= 15 is 0 Å². The Morgan fingerprint density at radius 1 is 0.887 bits per heavy atom. The average Bonchev–Trinajstić information content (AvgIpc) is 3.75. The first-order chi connectivity index (χ1) is 33.9. The van der Waals surface area contributed by atoms with Gasteiger partial charge in [-0.25, -0.2) is 0 Å². The Hall–Kier alpha value is -5.54. The Bertz CT molecular complexity index is 2220. The first kappa shape index (κ1) is 56.4. The summed E-state index contributed by atoms with van der Waals surface area (Å²) in [5.41, 5.74) is 17.3. The second-order valence-corrected chi connectivity index (χ2v) is 21.6. The molecular formula is C49H69ClN10O9S2. The van der Waals surface area contributed by atoms with Crippen LogP contribution in [0.5, 0.6) is 0 Å². The van der Waals surface area contributed by atoms with E-state index < -0.39 is 102 Å². The number of hydrogen-bond acceptors (Lipinski definition) is 12. The second kappa shape index (κ2) is 27.9. The van der Waals surface area contributed by atoms with Gasteiger partial charge in [-0.1, -0.05) is 43.6 Å². The van der Waals surface area contributed by atoms with E-state index in [1.807, 2.05) is 11.4 Å². The zero-order valence-electron chi connectivity index (χ0n) is 40.5. The first-order valence-electron chi connectivity index (χ1n) is 24.4. The van der Waals surface area contributed by atoms with Gasteiger partial charge in [0.25, 0.3) is 0 Å². The molecule has 3 aliphatic rings. The SMILES string of the molecule is CC(C)[C@@H]1NC(=O)[C@H](Cc2cccs2)NC(=O)[C@H](Cc2ccc(Cl)cc2)CC(=O)CCCSC[C@@H](C(=O)N2CCC[C@H]2C(=O)N[C@H](CCCN=C(N)N)C(=O)NCC2CC2)CC(=O)[C@H](CC(N)=O)NC1=O. The number of carbonyl (C=O) groups excluding carboxylic acids is 9. The fourth-order valence-electron chi connectivity index (χ4n) is 8.63. The molecule has 19 nitrogen and oxygen atoms in total. The van der Waals surface area contributed by atoms with Crippen LogP contribution in [-0.4, -0.2) is 125 Å². The van der Waals surface area contributed by atoms with Crippen molar-refractivity contribution in [3.8, 4) is 0 Å². The number of likely N-dealkylation sites (tertiary alicyclic amines) is 1. The minimum atomic E-state index is -1.48. The molecule has 1 saturated carbocycles. The number of rotatable bonds is 17. The number of ketones is 2. The number of amides is 7. The number of primary amides is 1. The quantitative estimate of drug-likeness (QED) is 0.0641. The lowest BCUT2D eigenvalue weighted by atomic mass is 9.91. The Morgan fingerprint density at radius 2 is 1.62 bits per heavy atom. The van der Waals surface area contributed by atoms with Gasteiger partial charge in [-0.15, -0.1) is 11.3 Å². The summed E-state index contributed by atoms with van der Waals surface area (Å²) in [7, 11) is 0. The fraction of sp³-hybridized carbons (Fsp3) is 0.592. The van der Waals surface area contributed by atoms with Crippen molar-refractivity contribution in [1.29, 1.82) is 0 Å². The predicted molar refractivity (Wildman–Crippen MR) is 273 cm³/mol. The van der Waals surface area contributed by atoms with E-state index in [1.54, 1.807) is 44.2 Å². The van der Waals surface area contributed by atoms with Crippen LogP contribution in [0.25, 0.3) is 0 Å². The molecule has 7 atom stereocenters. The third-order valence-electron chi connectivity index (χ3n) is 12.8. The number of nitrogens with zero attached hydrogens (tertiary/aromatic N) is 2. The summed E-state index contributed by atoms with van der Waals surface area (Å²) in [6.07, 6.45) is 2.97. The highest BCUT2D eigenvalue weighted by atomic mass is 35.5. The van der Waals surface area contributed by atoms with Gasteiger partial charge in [0.15, 0.2) is 11.7 Å². The zero-order chi connectivity index (χ0) is 51.6. The maximum absolute atomic E-state index is 14.7. The van der Waals surface area contributed by atoms with E-state index in [-0.39, 0.29) is 68.6 Å². The van der Waals surface area contributed by atoms with Gasteiger partial charge < -0.3 is 48.7 Å². The summed E-state index contributed by atoms with van der Waals surface area (Å²) in [5, 5.41) is 16.4. The monoisotopic (exact) mass is 1040 g/mol. The molecule has 2 aliphatic heterocycles. The summed E-state index contributed by atoms with van der Waals surface area (Å²) in [5.74, 6) is -6.87. The van der Waals surface area contributed by atoms with Crippen molar-refractivity contribution in [3.63, 3.8) is 0 Å². The molecule has 7 amide bonds. The molecule has 3 heterocycles. The molecule has 11 N–H and O–H groups in total. The van der Waals surface area contributed by atoms with Crippen molar-refractivity contribution in [2.45, 2.75) is 128 Å². The fourth-order valence-corrected chi connectivity index (χ4v) is 10.6. The number of halogens is 1. The average molecular weight is 1040 g/mol. The van der Waals surface area contributed by atoms with Crippen LogP contribution < -0.4 is 43.8 Å². The molecule has 2 aromatic rings. The van der Waals surface area contributed by atoms with Gasteiger partial charge in [0.2, 0.25) is 41.4 Å². The van der Waals surface area contributed by atoms with Crippen molar-refractivity contribution < 1.29 is 43.2 Å². The molecule has 2 saturated heterocycles. The normalized spacial score (nSPS) is 23.7. The van der Waals surface area contributed by atoms with Gasteiger partial charge in [0.1, 0.15) is 30.0 Å². The number of hydrogen-bond donors (Lipinski definition) is 8. The lowest BCUT2D eigenvalue weighted by molar-refractivity contribution is -0.143. The van der Waals surface area contributed by atoms with Crippen molar-refractivity contribution in [2.75, 3.05) is 31.1 Å². The van der Waals surface area contributed by atoms with Gasteiger partial charge >= 0.3 is 0 Å². The molecule has 1 aromatic carbocycles. The number of thiophene rings is 1. The summed E-state index contributed by atoms with van der Waals surface area (Å²) in [6.45, 7) is 4.27. The highest BCUT2D eigenvalue weighted by Crippen LogP contribution is 2.28. The van der Waals surface area contributed by atoms with E-state index in [1.165, 1.54) is 28.0 Å². The first-order valence-corrected chi connectivity index (χ1v) is 26.8. The standard InChI is InChI=1S/C49H69ClN10O9S2/c1-28(2)42-47(68)57-37(25-41(51)63)40(62)23-32(48(69)60-18-4-10-39(60)46(67)56-36(9-3-17-54-49(52)53)44(65)55-26-30-11-12-30)27-70-19-5-7-34(61)22-31(21-29-13-15-33(50)16-14-29)43(64)58-38(45(66)59-42)24-35-8-6-20-71-35/h6,8,13-16,20,28,30-32,36-39,42H,3-5,7,9-12,17-19,21-27H2,1-2H3,(H2,51,63)(H,55,65)(H,56,67)(H,57,68)(H,58,64)(H,59,66)(H4,52,53,54)/t31-,32+,36-,37+,38+,39+,42+/m1/s1. The molecular weight excluding hydrogens is 972 g/mol. The highest BCUT2D eigenvalue weighted by Gasteiger charge is 2.41. The molecule has 3 fully saturated rings. The molecule has 1 aliphatic carbocycles. The smallest absolute Gasteiger partial charge is 0.243 e. The number of nitrogens with two attached hydrogens (primary N) is 3. The molecule has 0 unspecified atom stereocenters. The van der Waals surface area contributed by atoms with Crippen molar-refractivity contribution in [3.05, 3.63) is 57.2 Å². The van der Waals surface area contributed by atoms with E-state index in [4.69, 9.17) is 28.8 Å². The number of Topliss-reactive ketones (excluding diaryl/α,β-unsaturated/α-hetero) is 2. The van der Waals surface area contributed by atoms with Gasteiger partial charge in [-0.2, -0.15) is 11.8 Å². The minimum Gasteiger partial charge on any atom is -0.370 e. The highest BCUT2D eigenvalue weighted by molar-refractivity contribution is 7.99. The molecule has 1 aromatic heterocycles.